The molecule has 0 aliphatic heterocycles. The lowest BCUT2D eigenvalue weighted by Gasteiger charge is -2.54. The summed E-state index contributed by atoms with van der Waals surface area (Å²) >= 11 is 0. The Morgan fingerprint density at radius 3 is 2.41 bits per heavy atom. The molecule has 3 fully saturated rings. The molecule has 170 valence electrons. The maximum absolute atomic E-state index is 10.0. The Morgan fingerprint density at radius 1 is 0.931 bits per heavy atom. The van der Waals surface area contributed by atoms with Crippen LogP contribution in [-0.2, 0) is 0 Å². The van der Waals surface area contributed by atoms with E-state index in [1.807, 2.05) is 27.7 Å². The minimum Gasteiger partial charge on any atom is -0.393 e. The number of rotatable bonds is 5. The summed E-state index contributed by atoms with van der Waals surface area (Å²) in [6.07, 6.45) is 20.3. The Labute approximate surface area is 183 Å². The first-order chi connectivity index (χ1) is 14.1. The van der Waals surface area contributed by atoms with E-state index in [0.29, 0.717) is 5.41 Å². The molecule has 4 aliphatic carbocycles. The third-order valence-corrected chi connectivity index (χ3v) is 9.02. The zero-order chi connectivity index (χ0) is 21.4. The monoisotopic (exact) mass is 404 g/mol. The molecule has 0 aromatic carbocycles. The number of fused-ring (bicyclic) bond motifs is 5. The predicted molar refractivity (Wildman–Crippen MR) is 128 cm³/mol. The summed E-state index contributed by atoms with van der Waals surface area (Å²) in [6.45, 7) is 13.0. The summed E-state index contributed by atoms with van der Waals surface area (Å²) in [4.78, 5) is 0. The van der Waals surface area contributed by atoms with Crippen LogP contribution in [0.4, 0.5) is 0 Å². The van der Waals surface area contributed by atoms with E-state index in [-0.39, 0.29) is 6.10 Å². The smallest absolute Gasteiger partial charge is 0.0577 e. The molecule has 0 aromatic rings. The van der Waals surface area contributed by atoms with Crippen LogP contribution in [0.15, 0.2) is 11.6 Å². The molecule has 4 rings (SSSR count). The molecule has 0 radical (unpaired) electrons. The molecule has 1 nitrogen and oxygen atoms in total. The molecule has 0 aromatic heterocycles. The van der Waals surface area contributed by atoms with Crippen molar-refractivity contribution in [3.8, 4) is 0 Å². The maximum atomic E-state index is 10.0. The quantitative estimate of drug-likeness (QED) is 0.359. The van der Waals surface area contributed by atoms with Gasteiger partial charge >= 0.3 is 0 Å². The highest BCUT2D eigenvalue weighted by molar-refractivity contribution is 5.20. The average Bonchev–Trinajstić information content (AvgIpc) is 3.10. The minimum absolute atomic E-state index is 0.0492. The van der Waals surface area contributed by atoms with E-state index in [4.69, 9.17) is 0 Å². The van der Waals surface area contributed by atoms with Gasteiger partial charge in [-0.3, -0.25) is 0 Å². The molecule has 3 saturated carbocycles. The third kappa shape index (κ3) is 5.31. The molecule has 1 heteroatoms. The van der Waals surface area contributed by atoms with Crippen LogP contribution in [0, 0.1) is 35.0 Å². The average molecular weight is 405 g/mol. The first-order valence-electron chi connectivity index (χ1n) is 13.5. The van der Waals surface area contributed by atoms with Crippen LogP contribution in [0.2, 0.25) is 0 Å². The highest BCUT2D eigenvalue weighted by Gasteiger charge is 2.55. The van der Waals surface area contributed by atoms with Crippen LogP contribution in [-0.4, -0.2) is 11.2 Å². The first kappa shape index (κ1) is 25.0. The third-order valence-electron chi connectivity index (χ3n) is 9.02. The van der Waals surface area contributed by atoms with Crippen molar-refractivity contribution in [2.75, 3.05) is 0 Å². The zero-order valence-corrected chi connectivity index (χ0v) is 20.7. The molecule has 0 spiro atoms. The fourth-order valence-electron chi connectivity index (χ4n) is 7.65. The number of aliphatic hydroxyl groups is 1. The summed E-state index contributed by atoms with van der Waals surface area (Å²) in [6, 6.07) is 0. The highest BCUT2D eigenvalue weighted by Crippen LogP contribution is 2.64. The topological polar surface area (TPSA) is 20.2 Å². The number of aliphatic hydroxyl groups excluding tert-OH is 1. The fraction of sp³-hybridized carbons (Fsp3) is 0.929. The van der Waals surface area contributed by atoms with E-state index in [1.165, 1.54) is 70.6 Å². The fourth-order valence-corrected chi connectivity index (χ4v) is 7.65. The van der Waals surface area contributed by atoms with Crippen LogP contribution < -0.4 is 0 Å². The second-order valence-corrected chi connectivity index (χ2v) is 10.2. The van der Waals surface area contributed by atoms with E-state index in [0.717, 1.165) is 42.4 Å². The van der Waals surface area contributed by atoms with Crippen molar-refractivity contribution < 1.29 is 5.11 Å². The molecule has 0 heterocycles. The number of hydrogen-bond acceptors (Lipinski definition) is 1. The van der Waals surface area contributed by atoms with Crippen LogP contribution in [0.25, 0.3) is 0 Å². The Kier molecular flexibility index (Phi) is 10.3. The summed E-state index contributed by atoms with van der Waals surface area (Å²) in [5.41, 5.74) is 2.28. The van der Waals surface area contributed by atoms with Gasteiger partial charge in [0.15, 0.2) is 0 Å². The Balaban J connectivity index is 0.000000707. The lowest BCUT2D eigenvalue weighted by molar-refractivity contribution is -0.0200. The van der Waals surface area contributed by atoms with Crippen molar-refractivity contribution in [2.24, 2.45) is 35.0 Å². The van der Waals surface area contributed by atoms with Crippen LogP contribution >= 0.6 is 0 Å². The molecule has 7 unspecified atom stereocenters. The Hall–Kier alpha value is -0.300. The Bertz CT molecular complexity index is 495. The van der Waals surface area contributed by atoms with Crippen molar-refractivity contribution in [2.45, 2.75) is 131 Å². The van der Waals surface area contributed by atoms with Gasteiger partial charge in [0.2, 0.25) is 0 Å². The van der Waals surface area contributed by atoms with Crippen LogP contribution in [0.1, 0.15) is 125 Å². The zero-order valence-electron chi connectivity index (χ0n) is 20.7. The van der Waals surface area contributed by atoms with Gasteiger partial charge in [0.25, 0.3) is 0 Å². The predicted octanol–water partition coefficient (Wildman–Crippen LogP) is 8.56. The lowest BCUT2D eigenvalue weighted by Crippen LogP contribution is -2.46. The van der Waals surface area contributed by atoms with E-state index in [2.05, 4.69) is 19.9 Å². The molecular weight excluding hydrogens is 352 g/mol. The number of allylic oxidation sites excluding steroid dienone is 1. The number of hydrogen-bond donors (Lipinski definition) is 1. The van der Waals surface area contributed by atoms with Crippen molar-refractivity contribution in [3.63, 3.8) is 0 Å². The molecular formula is C28H52O. The van der Waals surface area contributed by atoms with E-state index in [1.54, 1.807) is 5.57 Å². The van der Waals surface area contributed by atoms with E-state index >= 15 is 0 Å². The van der Waals surface area contributed by atoms with Gasteiger partial charge in [-0.2, -0.15) is 0 Å². The van der Waals surface area contributed by atoms with Crippen molar-refractivity contribution >= 4 is 0 Å². The van der Waals surface area contributed by atoms with Crippen molar-refractivity contribution in [1.82, 2.24) is 0 Å². The molecule has 0 amide bonds. The largest absolute Gasteiger partial charge is 0.393 e. The van der Waals surface area contributed by atoms with E-state index < -0.39 is 0 Å². The van der Waals surface area contributed by atoms with Gasteiger partial charge in [-0.25, -0.2) is 0 Å². The second kappa shape index (κ2) is 11.9. The molecule has 29 heavy (non-hydrogen) atoms. The lowest BCUT2D eigenvalue weighted by atomic mass is 9.51. The van der Waals surface area contributed by atoms with Crippen LogP contribution in [0.3, 0.4) is 0 Å². The summed E-state index contributed by atoms with van der Waals surface area (Å²) in [5.74, 6) is 4.74. The van der Waals surface area contributed by atoms with Crippen molar-refractivity contribution in [3.05, 3.63) is 11.6 Å². The van der Waals surface area contributed by atoms with Crippen LogP contribution in [0.5, 0.6) is 0 Å². The Morgan fingerprint density at radius 2 is 1.69 bits per heavy atom. The minimum atomic E-state index is -0.0492. The second-order valence-electron chi connectivity index (χ2n) is 10.2. The summed E-state index contributed by atoms with van der Waals surface area (Å²) in [7, 11) is 0. The van der Waals surface area contributed by atoms with Gasteiger partial charge in [-0.1, -0.05) is 78.9 Å². The first-order valence-corrected chi connectivity index (χ1v) is 13.5. The van der Waals surface area contributed by atoms with Gasteiger partial charge in [0.05, 0.1) is 6.10 Å². The van der Waals surface area contributed by atoms with E-state index in [9.17, 15) is 5.11 Å². The molecule has 0 saturated heterocycles. The molecule has 0 bridgehead atoms. The van der Waals surface area contributed by atoms with Crippen molar-refractivity contribution in [1.29, 1.82) is 0 Å². The van der Waals surface area contributed by atoms with Gasteiger partial charge < -0.3 is 5.11 Å². The molecule has 7 atom stereocenters. The van der Waals surface area contributed by atoms with Gasteiger partial charge in [-0.05, 0) is 92.8 Å². The molecule has 1 N–H and O–H groups in total. The molecule has 4 aliphatic rings. The summed E-state index contributed by atoms with van der Waals surface area (Å²) < 4.78 is 0. The number of unbranched alkanes of at least 4 members (excludes halogenated alkanes) is 3. The highest BCUT2D eigenvalue weighted by atomic mass is 16.3. The summed E-state index contributed by atoms with van der Waals surface area (Å²) in [5, 5.41) is 10.0. The van der Waals surface area contributed by atoms with Gasteiger partial charge in [-0.15, -0.1) is 0 Å². The SMILES string of the molecule is CC.CC.CCCCCCC1CCC2C3CC=C4CC(O)CCC4C3CCC12C. The normalized spacial score (nSPS) is 40.2. The standard InChI is InChI=1S/C24H40O.2C2H6/c1-3-4-5-6-7-18-9-13-23-22-11-8-17-16-19(25)10-12-20(17)21(22)14-15-24(18,23)2;2*1-2/h8,18-23,25H,3-7,9-16H2,1-2H3;2*1-2H3. The van der Waals surface area contributed by atoms with Gasteiger partial charge in [0.1, 0.15) is 0 Å². The van der Waals surface area contributed by atoms with Gasteiger partial charge in [0, 0.05) is 0 Å². The maximum Gasteiger partial charge on any atom is 0.0577 e.